The lowest BCUT2D eigenvalue weighted by Gasteiger charge is -1.98. The van der Waals surface area contributed by atoms with Crippen LogP contribution < -0.4 is 0 Å². The van der Waals surface area contributed by atoms with Crippen LogP contribution in [-0.2, 0) is 0 Å². The molecule has 0 aliphatic carbocycles. The first-order valence-electron chi connectivity index (χ1n) is 5.95. The number of aromatic nitrogens is 2. The van der Waals surface area contributed by atoms with Gasteiger partial charge in [-0.3, -0.25) is 0 Å². The van der Waals surface area contributed by atoms with E-state index in [1.54, 1.807) is 0 Å². The minimum absolute atomic E-state index is 0.560. The van der Waals surface area contributed by atoms with Crippen LogP contribution in [0.15, 0.2) is 69.1 Å². The van der Waals surface area contributed by atoms with Gasteiger partial charge in [0.25, 0.3) is 5.22 Å². The molecule has 0 aliphatic heterocycles. The Morgan fingerprint density at radius 1 is 0.895 bits per heavy atom. The Labute approximate surface area is 115 Å². The summed E-state index contributed by atoms with van der Waals surface area (Å²) in [6.07, 6.45) is 0. The van der Waals surface area contributed by atoms with Gasteiger partial charge in [-0.05, 0) is 42.4 Å². The summed E-state index contributed by atoms with van der Waals surface area (Å²) in [6, 6.07) is 18.0. The first-order chi connectivity index (χ1) is 9.33. The van der Waals surface area contributed by atoms with E-state index >= 15 is 0 Å². The summed E-state index contributed by atoms with van der Waals surface area (Å²) in [4.78, 5) is 1.09. The summed E-state index contributed by atoms with van der Waals surface area (Å²) in [7, 11) is 0. The molecule has 0 bridgehead atoms. The highest BCUT2D eigenvalue weighted by molar-refractivity contribution is 7.99. The predicted octanol–water partition coefficient (Wildman–Crippen LogP) is 4.20. The van der Waals surface area contributed by atoms with Crippen molar-refractivity contribution in [3.63, 3.8) is 0 Å². The molecule has 3 nitrogen and oxygen atoms in total. The summed E-state index contributed by atoms with van der Waals surface area (Å²) in [6.45, 7) is 2.03. The van der Waals surface area contributed by atoms with Crippen LogP contribution in [0.5, 0.6) is 0 Å². The van der Waals surface area contributed by atoms with E-state index in [2.05, 4.69) is 10.2 Å². The van der Waals surface area contributed by atoms with Gasteiger partial charge in [-0.2, -0.15) is 0 Å². The third-order valence-corrected chi connectivity index (χ3v) is 3.58. The highest BCUT2D eigenvalue weighted by Gasteiger charge is 2.11. The molecule has 0 amide bonds. The molecule has 19 heavy (non-hydrogen) atoms. The number of hydrogen-bond donors (Lipinski definition) is 0. The molecule has 3 rings (SSSR count). The first-order valence-corrected chi connectivity index (χ1v) is 6.77. The molecule has 1 heterocycles. The second kappa shape index (κ2) is 5.28. The molecule has 3 aromatic rings. The van der Waals surface area contributed by atoms with Gasteiger partial charge in [0.05, 0.1) is 0 Å². The lowest BCUT2D eigenvalue weighted by molar-refractivity contribution is 0.465. The summed E-state index contributed by atoms with van der Waals surface area (Å²) < 4.78 is 5.70. The topological polar surface area (TPSA) is 38.9 Å². The monoisotopic (exact) mass is 268 g/mol. The number of hydrogen-bond acceptors (Lipinski definition) is 4. The predicted molar refractivity (Wildman–Crippen MR) is 75.0 cm³/mol. The molecule has 0 atom stereocenters. The quantitative estimate of drug-likeness (QED) is 0.713. The highest BCUT2D eigenvalue weighted by atomic mass is 32.2. The average molecular weight is 268 g/mol. The van der Waals surface area contributed by atoms with Crippen molar-refractivity contribution in [3.05, 3.63) is 60.2 Å². The molecule has 2 aromatic carbocycles. The molecule has 0 saturated heterocycles. The third kappa shape index (κ3) is 2.69. The number of nitrogens with zero attached hydrogens (tertiary/aromatic N) is 2. The maximum atomic E-state index is 5.70. The second-order valence-electron chi connectivity index (χ2n) is 4.10. The molecular formula is C15H12N2OS. The van der Waals surface area contributed by atoms with Gasteiger partial charge in [-0.15, -0.1) is 10.2 Å². The van der Waals surface area contributed by atoms with E-state index in [0.29, 0.717) is 11.1 Å². The maximum absolute atomic E-state index is 5.70. The lowest BCUT2D eigenvalue weighted by Crippen LogP contribution is -1.81. The van der Waals surface area contributed by atoms with Gasteiger partial charge in [0.1, 0.15) is 0 Å². The molecule has 0 unspecified atom stereocenters. The minimum Gasteiger partial charge on any atom is -0.411 e. The van der Waals surface area contributed by atoms with Crippen molar-refractivity contribution in [2.45, 2.75) is 17.0 Å². The zero-order valence-corrected chi connectivity index (χ0v) is 11.2. The normalized spacial score (nSPS) is 10.6. The summed E-state index contributed by atoms with van der Waals surface area (Å²) in [5.41, 5.74) is 2.11. The van der Waals surface area contributed by atoms with Crippen molar-refractivity contribution >= 4 is 11.8 Å². The molecule has 0 radical (unpaired) electrons. The molecule has 1 aromatic heterocycles. The van der Waals surface area contributed by atoms with E-state index in [1.807, 2.05) is 61.5 Å². The van der Waals surface area contributed by atoms with E-state index in [4.69, 9.17) is 4.42 Å². The molecule has 0 spiro atoms. The lowest BCUT2D eigenvalue weighted by atomic mass is 10.1. The van der Waals surface area contributed by atoms with Gasteiger partial charge in [-0.1, -0.05) is 36.4 Å². The van der Waals surface area contributed by atoms with Crippen molar-refractivity contribution < 1.29 is 4.42 Å². The fraction of sp³-hybridized carbons (Fsp3) is 0.0667. The average Bonchev–Trinajstić information content (AvgIpc) is 2.89. The van der Waals surface area contributed by atoms with E-state index in [0.717, 1.165) is 16.0 Å². The Morgan fingerprint density at radius 3 is 2.42 bits per heavy atom. The van der Waals surface area contributed by atoms with Crippen LogP contribution >= 0.6 is 11.8 Å². The van der Waals surface area contributed by atoms with Gasteiger partial charge in [-0.25, -0.2) is 0 Å². The third-order valence-electron chi connectivity index (χ3n) is 2.73. The van der Waals surface area contributed by atoms with Crippen molar-refractivity contribution in [1.29, 1.82) is 0 Å². The van der Waals surface area contributed by atoms with Crippen LogP contribution in [0.2, 0.25) is 0 Å². The number of rotatable bonds is 3. The van der Waals surface area contributed by atoms with Gasteiger partial charge >= 0.3 is 0 Å². The van der Waals surface area contributed by atoms with Gasteiger partial charge in [0, 0.05) is 10.5 Å². The van der Waals surface area contributed by atoms with E-state index in [9.17, 15) is 0 Å². The Balaban J connectivity index is 1.86. The highest BCUT2D eigenvalue weighted by Crippen LogP contribution is 2.29. The Bertz CT molecular complexity index is 679. The minimum atomic E-state index is 0.560. The smallest absolute Gasteiger partial charge is 0.281 e. The van der Waals surface area contributed by atoms with E-state index < -0.39 is 0 Å². The van der Waals surface area contributed by atoms with Gasteiger partial charge < -0.3 is 4.42 Å². The zero-order chi connectivity index (χ0) is 13.1. The van der Waals surface area contributed by atoms with Crippen molar-refractivity contribution in [2.75, 3.05) is 0 Å². The summed E-state index contributed by atoms with van der Waals surface area (Å²) in [5.74, 6) is 0.566. The standard InChI is InChI=1S/C15H12N2OS/c1-11-7-5-6-10-13(11)14-16-17-15(18-14)19-12-8-3-2-4-9-12/h2-10H,1H3. The molecule has 0 saturated carbocycles. The summed E-state index contributed by atoms with van der Waals surface area (Å²) >= 11 is 1.47. The van der Waals surface area contributed by atoms with E-state index in [-0.39, 0.29) is 0 Å². The first kappa shape index (κ1) is 12.0. The molecule has 0 aliphatic rings. The fourth-order valence-corrected chi connectivity index (χ4v) is 2.46. The largest absolute Gasteiger partial charge is 0.411 e. The van der Waals surface area contributed by atoms with E-state index in [1.165, 1.54) is 11.8 Å². The maximum Gasteiger partial charge on any atom is 0.281 e. The van der Waals surface area contributed by atoms with Crippen LogP contribution in [0.3, 0.4) is 0 Å². The molecule has 4 heteroatoms. The Kier molecular flexibility index (Phi) is 3.33. The number of aryl methyl sites for hydroxylation is 1. The Morgan fingerprint density at radius 2 is 1.63 bits per heavy atom. The second-order valence-corrected chi connectivity index (χ2v) is 5.13. The van der Waals surface area contributed by atoms with Gasteiger partial charge in [0.15, 0.2) is 0 Å². The molecular weight excluding hydrogens is 256 g/mol. The van der Waals surface area contributed by atoms with Crippen LogP contribution in [0.1, 0.15) is 5.56 Å². The van der Waals surface area contributed by atoms with Crippen molar-refractivity contribution in [3.8, 4) is 11.5 Å². The van der Waals surface area contributed by atoms with Crippen LogP contribution in [0.4, 0.5) is 0 Å². The fourth-order valence-electron chi connectivity index (χ4n) is 1.76. The van der Waals surface area contributed by atoms with Crippen LogP contribution in [0.25, 0.3) is 11.5 Å². The van der Waals surface area contributed by atoms with Crippen molar-refractivity contribution in [2.24, 2.45) is 0 Å². The SMILES string of the molecule is Cc1ccccc1-c1nnc(Sc2ccccc2)o1. The molecule has 94 valence electrons. The summed E-state index contributed by atoms with van der Waals surface area (Å²) in [5, 5.41) is 8.74. The number of benzene rings is 2. The molecule has 0 fully saturated rings. The van der Waals surface area contributed by atoms with Crippen molar-refractivity contribution in [1.82, 2.24) is 10.2 Å². The van der Waals surface area contributed by atoms with Crippen LogP contribution in [0, 0.1) is 6.92 Å². The Hall–Kier alpha value is -2.07. The van der Waals surface area contributed by atoms with Gasteiger partial charge in [0.2, 0.25) is 5.89 Å². The zero-order valence-electron chi connectivity index (χ0n) is 10.4. The molecule has 0 N–H and O–H groups in total. The van der Waals surface area contributed by atoms with Crippen LogP contribution in [-0.4, -0.2) is 10.2 Å².